The van der Waals surface area contributed by atoms with Gasteiger partial charge in [0.1, 0.15) is 11.9 Å². The van der Waals surface area contributed by atoms with Gasteiger partial charge in [-0.05, 0) is 84.5 Å². The summed E-state index contributed by atoms with van der Waals surface area (Å²) in [7, 11) is 0. The Kier molecular flexibility index (Phi) is 9.87. The van der Waals surface area contributed by atoms with Gasteiger partial charge in [0, 0.05) is 66.1 Å². The summed E-state index contributed by atoms with van der Waals surface area (Å²) in [4.78, 5) is 2.36. The second-order valence-electron chi connectivity index (χ2n) is 5.41. The smallest absolute Gasteiger partial charge is 0.140 e. The summed E-state index contributed by atoms with van der Waals surface area (Å²) in [6.07, 6.45) is 9.96. The van der Waals surface area contributed by atoms with E-state index >= 15 is 0 Å². The Labute approximate surface area is 178 Å². The molecule has 30 heavy (non-hydrogen) atoms. The highest BCUT2D eigenvalue weighted by Gasteiger charge is 2.11. The summed E-state index contributed by atoms with van der Waals surface area (Å²) < 4.78 is 5.33. The monoisotopic (exact) mass is 379 g/mol. The molecule has 1 aromatic carbocycles. The standard InChI is InChI=1S/C28H13NO/c1-2-3-4-5-6-7-8-9-10-11-12-13-14-15-16-19-26-30-28-22-20-27(21-23-28)29-24-17-18-25-29/h1,20-23H,17-18,24-25H2. The van der Waals surface area contributed by atoms with Crippen molar-refractivity contribution in [3.8, 4) is 113 Å². The van der Waals surface area contributed by atoms with Crippen LogP contribution in [0.15, 0.2) is 24.3 Å². The van der Waals surface area contributed by atoms with Crippen molar-refractivity contribution in [2.75, 3.05) is 18.0 Å². The van der Waals surface area contributed by atoms with E-state index in [0.29, 0.717) is 5.75 Å². The molecule has 0 saturated carbocycles. The highest BCUT2D eigenvalue weighted by atomic mass is 16.5. The first-order valence-corrected chi connectivity index (χ1v) is 8.87. The number of hydrogen-bond acceptors (Lipinski definition) is 2. The molecule has 0 spiro atoms. The van der Waals surface area contributed by atoms with Crippen LogP contribution in [-0.4, -0.2) is 13.1 Å². The van der Waals surface area contributed by atoms with Gasteiger partial charge in [0.25, 0.3) is 0 Å². The Bertz CT molecular complexity index is 1300. The molecule has 2 nitrogen and oxygen atoms in total. The lowest BCUT2D eigenvalue weighted by Crippen LogP contribution is -2.17. The predicted molar refractivity (Wildman–Crippen MR) is 120 cm³/mol. The highest BCUT2D eigenvalue weighted by molar-refractivity contribution is 5.50. The van der Waals surface area contributed by atoms with Crippen molar-refractivity contribution in [1.29, 1.82) is 0 Å². The van der Waals surface area contributed by atoms with Gasteiger partial charge < -0.3 is 9.64 Å². The molecule has 1 saturated heterocycles. The minimum atomic E-state index is 0.678. The highest BCUT2D eigenvalue weighted by Crippen LogP contribution is 2.22. The molecular weight excluding hydrogens is 366 g/mol. The minimum Gasteiger partial charge on any atom is -0.407 e. The Hall–Kier alpha value is -5.14. The van der Waals surface area contributed by atoms with Crippen LogP contribution < -0.4 is 9.64 Å². The van der Waals surface area contributed by atoms with Crippen LogP contribution in [0.1, 0.15) is 12.8 Å². The van der Waals surface area contributed by atoms with E-state index in [2.05, 4.69) is 106 Å². The summed E-state index contributed by atoms with van der Waals surface area (Å²) in [5.74, 6) is 40.4. The number of nitrogens with zero attached hydrogens (tertiary/aromatic N) is 1. The molecular formula is C28H13NO. The van der Waals surface area contributed by atoms with Crippen molar-refractivity contribution in [3.63, 3.8) is 0 Å². The van der Waals surface area contributed by atoms with E-state index < -0.39 is 0 Å². The van der Waals surface area contributed by atoms with Crippen molar-refractivity contribution in [2.24, 2.45) is 0 Å². The van der Waals surface area contributed by atoms with Gasteiger partial charge >= 0.3 is 0 Å². The molecule has 1 aliphatic heterocycles. The van der Waals surface area contributed by atoms with Crippen LogP contribution >= 0.6 is 0 Å². The van der Waals surface area contributed by atoms with Gasteiger partial charge in [-0.3, -0.25) is 0 Å². The van der Waals surface area contributed by atoms with Gasteiger partial charge in [-0.25, -0.2) is 0 Å². The summed E-state index contributed by atoms with van der Waals surface area (Å²) in [5.41, 5.74) is 1.21. The van der Waals surface area contributed by atoms with Gasteiger partial charge in [-0.2, -0.15) is 0 Å². The Morgan fingerprint density at radius 1 is 0.600 bits per heavy atom. The van der Waals surface area contributed by atoms with E-state index in [1.807, 2.05) is 24.3 Å². The Morgan fingerprint density at radius 2 is 1.03 bits per heavy atom. The van der Waals surface area contributed by atoms with Crippen LogP contribution in [0.3, 0.4) is 0 Å². The molecule has 0 atom stereocenters. The number of rotatable bonds is 2. The normalized spacial score (nSPS) is 9.23. The minimum absolute atomic E-state index is 0.678. The van der Waals surface area contributed by atoms with E-state index in [1.54, 1.807) is 0 Å². The first-order chi connectivity index (χ1) is 14.9. The SMILES string of the molecule is C#CC#CC#CC#CC#CC#CC#CC#CC#COc1ccc(N2CCCC2)cc1. The van der Waals surface area contributed by atoms with Crippen LogP contribution in [0.25, 0.3) is 0 Å². The van der Waals surface area contributed by atoms with Crippen molar-refractivity contribution < 1.29 is 4.74 Å². The van der Waals surface area contributed by atoms with Gasteiger partial charge in [0.05, 0.1) is 0 Å². The lowest BCUT2D eigenvalue weighted by molar-refractivity contribution is 0.520. The summed E-state index contributed by atoms with van der Waals surface area (Å²) in [6.45, 7) is 2.22. The largest absolute Gasteiger partial charge is 0.407 e. The average Bonchev–Trinajstić information content (AvgIpc) is 3.31. The zero-order chi connectivity index (χ0) is 21.1. The maximum absolute atomic E-state index is 5.33. The number of anilines is 1. The van der Waals surface area contributed by atoms with Crippen molar-refractivity contribution in [2.45, 2.75) is 12.8 Å². The molecule has 0 aromatic heterocycles. The third kappa shape index (κ3) is 8.99. The molecule has 1 aliphatic rings. The molecule has 1 heterocycles. The van der Waals surface area contributed by atoms with Crippen LogP contribution in [-0.2, 0) is 0 Å². The molecule has 1 fully saturated rings. The van der Waals surface area contributed by atoms with Crippen LogP contribution in [0, 0.1) is 107 Å². The first kappa shape index (κ1) is 21.2. The van der Waals surface area contributed by atoms with E-state index in [-0.39, 0.29) is 0 Å². The fraction of sp³-hybridized carbons (Fsp3) is 0.143. The average molecular weight is 379 g/mol. The molecule has 1 aromatic rings. The maximum Gasteiger partial charge on any atom is 0.140 e. The zero-order valence-electron chi connectivity index (χ0n) is 16.1. The Morgan fingerprint density at radius 3 is 1.50 bits per heavy atom. The summed E-state index contributed by atoms with van der Waals surface area (Å²) >= 11 is 0. The number of terminal acetylenes is 1. The first-order valence-electron chi connectivity index (χ1n) is 8.87. The molecule has 2 heteroatoms. The molecule has 0 aliphatic carbocycles. The van der Waals surface area contributed by atoms with Gasteiger partial charge in [0.2, 0.25) is 0 Å². The van der Waals surface area contributed by atoms with Crippen molar-refractivity contribution in [3.05, 3.63) is 24.3 Å². The molecule has 0 radical (unpaired) electrons. The molecule has 0 bridgehead atoms. The fourth-order valence-corrected chi connectivity index (χ4v) is 2.25. The Balaban J connectivity index is 1.74. The van der Waals surface area contributed by atoms with Crippen LogP contribution in [0.2, 0.25) is 0 Å². The third-order valence-corrected chi connectivity index (χ3v) is 3.48. The molecule has 0 N–H and O–H groups in total. The van der Waals surface area contributed by atoms with Crippen molar-refractivity contribution >= 4 is 5.69 Å². The molecule has 2 rings (SSSR count). The maximum atomic E-state index is 5.33. The molecule has 136 valence electrons. The van der Waals surface area contributed by atoms with Gasteiger partial charge in [-0.1, -0.05) is 0 Å². The van der Waals surface area contributed by atoms with E-state index in [1.165, 1.54) is 18.5 Å². The lowest BCUT2D eigenvalue weighted by atomic mass is 10.3. The third-order valence-electron chi connectivity index (χ3n) is 3.48. The lowest BCUT2D eigenvalue weighted by Gasteiger charge is -2.17. The second-order valence-corrected chi connectivity index (χ2v) is 5.41. The number of benzene rings is 1. The molecule has 0 amide bonds. The van der Waals surface area contributed by atoms with Crippen LogP contribution in [0.5, 0.6) is 5.75 Å². The second kappa shape index (κ2) is 14.0. The number of ether oxygens (including phenoxy) is 1. The van der Waals surface area contributed by atoms with Crippen molar-refractivity contribution in [1.82, 2.24) is 0 Å². The van der Waals surface area contributed by atoms with Crippen LogP contribution in [0.4, 0.5) is 5.69 Å². The fourth-order valence-electron chi connectivity index (χ4n) is 2.25. The molecule has 0 unspecified atom stereocenters. The van der Waals surface area contributed by atoms with Gasteiger partial charge in [-0.15, -0.1) is 6.42 Å². The quantitative estimate of drug-likeness (QED) is 0.731. The van der Waals surface area contributed by atoms with E-state index in [4.69, 9.17) is 11.2 Å². The van der Waals surface area contributed by atoms with Gasteiger partial charge in [0.15, 0.2) is 0 Å². The number of hydrogen-bond donors (Lipinski definition) is 0. The topological polar surface area (TPSA) is 12.5 Å². The van der Waals surface area contributed by atoms with E-state index in [0.717, 1.165) is 13.1 Å². The summed E-state index contributed by atoms with van der Waals surface area (Å²) in [6, 6.07) is 7.87. The van der Waals surface area contributed by atoms with E-state index in [9.17, 15) is 0 Å². The zero-order valence-corrected chi connectivity index (χ0v) is 16.1. The predicted octanol–water partition coefficient (Wildman–Crippen LogP) is 2.28. The summed E-state index contributed by atoms with van der Waals surface area (Å²) in [5, 5.41) is 0.